The molecule has 1 aliphatic heterocycles. The van der Waals surface area contributed by atoms with Gasteiger partial charge in [-0.25, -0.2) is 0 Å². The smallest absolute Gasteiger partial charge is 0.237 e. The number of benzene rings is 1. The van der Waals surface area contributed by atoms with Crippen LogP contribution in [0.25, 0.3) is 0 Å². The minimum atomic E-state index is -0.0201. The lowest BCUT2D eigenvalue weighted by molar-refractivity contribution is -0.125. The lowest BCUT2D eigenvalue weighted by Gasteiger charge is -2.23. The molecule has 0 saturated carbocycles. The van der Waals surface area contributed by atoms with E-state index < -0.39 is 0 Å². The van der Waals surface area contributed by atoms with Gasteiger partial charge >= 0.3 is 0 Å². The number of rotatable bonds is 4. The van der Waals surface area contributed by atoms with Crippen molar-refractivity contribution in [3.05, 3.63) is 23.8 Å². The standard InChI is InChI=1S/C14H21N3O2/c1-16-14(18)12-4-3-7-17(12)9-10-5-6-13(19-2)11(15)8-10/h5-6,8,12H,3-4,7,9,15H2,1-2H3,(H,16,18). The Kier molecular flexibility index (Phi) is 4.27. The molecule has 1 saturated heterocycles. The fourth-order valence-corrected chi connectivity index (χ4v) is 2.60. The van der Waals surface area contributed by atoms with E-state index >= 15 is 0 Å². The van der Waals surface area contributed by atoms with Gasteiger partial charge in [-0.1, -0.05) is 6.07 Å². The Morgan fingerprint density at radius 2 is 2.37 bits per heavy atom. The first-order valence-corrected chi connectivity index (χ1v) is 6.53. The lowest BCUT2D eigenvalue weighted by Crippen LogP contribution is -2.41. The molecule has 104 valence electrons. The highest BCUT2D eigenvalue weighted by Gasteiger charge is 2.29. The van der Waals surface area contributed by atoms with Gasteiger partial charge in [0.2, 0.25) is 5.91 Å². The average Bonchev–Trinajstić information content (AvgIpc) is 2.86. The van der Waals surface area contributed by atoms with Crippen LogP contribution in [-0.2, 0) is 11.3 Å². The third-order valence-corrected chi connectivity index (χ3v) is 3.59. The maximum atomic E-state index is 11.8. The van der Waals surface area contributed by atoms with E-state index in [1.165, 1.54) is 0 Å². The number of anilines is 1. The number of likely N-dealkylation sites (tertiary alicyclic amines) is 1. The van der Waals surface area contributed by atoms with Gasteiger partial charge < -0.3 is 15.8 Å². The van der Waals surface area contributed by atoms with Crippen LogP contribution in [0.2, 0.25) is 0 Å². The number of hydrogen-bond acceptors (Lipinski definition) is 4. The van der Waals surface area contributed by atoms with Crippen LogP contribution in [0.3, 0.4) is 0 Å². The molecule has 0 radical (unpaired) electrons. The largest absolute Gasteiger partial charge is 0.495 e. The van der Waals surface area contributed by atoms with Crippen LogP contribution in [0.5, 0.6) is 5.75 Å². The summed E-state index contributed by atoms with van der Waals surface area (Å²) in [5.74, 6) is 0.784. The van der Waals surface area contributed by atoms with E-state index in [2.05, 4.69) is 10.2 Å². The Balaban J connectivity index is 2.08. The first-order valence-electron chi connectivity index (χ1n) is 6.53. The van der Waals surface area contributed by atoms with Crippen LogP contribution in [0.1, 0.15) is 18.4 Å². The Bertz CT molecular complexity index is 462. The van der Waals surface area contributed by atoms with Gasteiger partial charge in [-0.3, -0.25) is 9.69 Å². The molecule has 2 rings (SSSR count). The third kappa shape index (κ3) is 2.98. The second-order valence-corrected chi connectivity index (χ2v) is 4.82. The van der Waals surface area contributed by atoms with Crippen LogP contribution in [0.15, 0.2) is 18.2 Å². The number of carbonyl (C=O) groups is 1. The van der Waals surface area contributed by atoms with E-state index in [4.69, 9.17) is 10.5 Å². The molecule has 1 aromatic rings. The fraction of sp³-hybridized carbons (Fsp3) is 0.500. The van der Waals surface area contributed by atoms with Gasteiger partial charge in [-0.15, -0.1) is 0 Å². The Labute approximate surface area is 113 Å². The summed E-state index contributed by atoms with van der Waals surface area (Å²) >= 11 is 0. The molecule has 0 bridgehead atoms. The predicted octanol–water partition coefficient (Wildman–Crippen LogP) is 0.988. The molecule has 19 heavy (non-hydrogen) atoms. The summed E-state index contributed by atoms with van der Waals surface area (Å²) in [7, 11) is 3.29. The topological polar surface area (TPSA) is 67.6 Å². The number of nitrogens with one attached hydrogen (secondary N) is 1. The fourth-order valence-electron chi connectivity index (χ4n) is 2.60. The van der Waals surface area contributed by atoms with Crippen molar-refractivity contribution in [2.45, 2.75) is 25.4 Å². The first-order chi connectivity index (χ1) is 9.15. The summed E-state index contributed by atoms with van der Waals surface area (Å²) < 4.78 is 5.14. The van der Waals surface area contributed by atoms with Crippen LogP contribution in [-0.4, -0.2) is 37.6 Å². The zero-order valence-corrected chi connectivity index (χ0v) is 11.5. The molecule has 1 atom stereocenters. The molecule has 0 spiro atoms. The second-order valence-electron chi connectivity index (χ2n) is 4.82. The predicted molar refractivity (Wildman–Crippen MR) is 74.9 cm³/mol. The lowest BCUT2D eigenvalue weighted by atomic mass is 10.1. The normalized spacial score (nSPS) is 19.4. The van der Waals surface area contributed by atoms with Gasteiger partial charge in [0.1, 0.15) is 5.75 Å². The van der Waals surface area contributed by atoms with Crippen LogP contribution < -0.4 is 15.8 Å². The van der Waals surface area contributed by atoms with E-state index in [1.807, 2.05) is 18.2 Å². The summed E-state index contributed by atoms with van der Waals surface area (Å²) in [6, 6.07) is 5.76. The molecule has 3 N–H and O–H groups in total. The number of ether oxygens (including phenoxy) is 1. The summed E-state index contributed by atoms with van der Waals surface area (Å²) in [6.45, 7) is 1.69. The molecule has 5 nitrogen and oxygen atoms in total. The second kappa shape index (κ2) is 5.93. The minimum Gasteiger partial charge on any atom is -0.495 e. The van der Waals surface area contributed by atoms with Crippen molar-refractivity contribution in [1.29, 1.82) is 0 Å². The van der Waals surface area contributed by atoms with Gasteiger partial charge in [-0.2, -0.15) is 0 Å². The number of nitrogen functional groups attached to an aromatic ring is 1. The van der Waals surface area contributed by atoms with Gasteiger partial charge in [0.05, 0.1) is 18.8 Å². The summed E-state index contributed by atoms with van der Waals surface area (Å²) in [5, 5.41) is 2.73. The maximum absolute atomic E-state index is 11.8. The van der Waals surface area contributed by atoms with Crippen LogP contribution in [0, 0.1) is 0 Å². The van der Waals surface area contributed by atoms with Gasteiger partial charge in [-0.05, 0) is 37.1 Å². The maximum Gasteiger partial charge on any atom is 0.237 e. The average molecular weight is 263 g/mol. The summed E-state index contributed by atoms with van der Waals surface area (Å²) in [5.41, 5.74) is 7.64. The van der Waals surface area contributed by atoms with Crippen molar-refractivity contribution in [1.82, 2.24) is 10.2 Å². The van der Waals surface area contributed by atoms with Gasteiger partial charge in [0.15, 0.2) is 0 Å². The molecular formula is C14H21N3O2. The summed E-state index contributed by atoms with van der Waals surface area (Å²) in [4.78, 5) is 14.0. The molecule has 0 aliphatic carbocycles. The molecule has 5 heteroatoms. The number of carbonyl (C=O) groups excluding carboxylic acids is 1. The zero-order chi connectivity index (χ0) is 13.8. The molecule has 1 amide bonds. The number of nitrogens with two attached hydrogens (primary N) is 1. The molecule has 1 fully saturated rings. The van der Waals surface area contributed by atoms with Crippen LogP contribution in [0.4, 0.5) is 5.69 Å². The zero-order valence-electron chi connectivity index (χ0n) is 11.5. The molecular weight excluding hydrogens is 242 g/mol. The van der Waals surface area contributed by atoms with Crippen molar-refractivity contribution >= 4 is 11.6 Å². The highest BCUT2D eigenvalue weighted by molar-refractivity contribution is 5.81. The first kappa shape index (κ1) is 13.7. The van der Waals surface area contributed by atoms with E-state index in [1.54, 1.807) is 14.2 Å². The quantitative estimate of drug-likeness (QED) is 0.795. The number of likely N-dealkylation sites (N-methyl/N-ethyl adjacent to an activating group) is 1. The van der Waals surface area contributed by atoms with Crippen LogP contribution >= 0.6 is 0 Å². The number of amides is 1. The Morgan fingerprint density at radius 3 is 3.00 bits per heavy atom. The van der Waals surface area contributed by atoms with Crippen molar-refractivity contribution in [2.75, 3.05) is 26.4 Å². The van der Waals surface area contributed by atoms with Crippen molar-refractivity contribution < 1.29 is 9.53 Å². The monoisotopic (exact) mass is 263 g/mol. The van der Waals surface area contributed by atoms with E-state index in [9.17, 15) is 4.79 Å². The van der Waals surface area contributed by atoms with E-state index in [-0.39, 0.29) is 11.9 Å². The number of hydrogen-bond donors (Lipinski definition) is 2. The Hall–Kier alpha value is -1.75. The highest BCUT2D eigenvalue weighted by Crippen LogP contribution is 2.25. The van der Waals surface area contributed by atoms with Crippen molar-refractivity contribution in [2.24, 2.45) is 0 Å². The molecule has 1 aromatic carbocycles. The SMILES string of the molecule is CNC(=O)C1CCCN1Cc1ccc(OC)c(N)c1. The molecule has 1 aliphatic rings. The van der Waals surface area contributed by atoms with Crippen molar-refractivity contribution in [3.8, 4) is 5.75 Å². The van der Waals surface area contributed by atoms with Crippen molar-refractivity contribution in [3.63, 3.8) is 0 Å². The highest BCUT2D eigenvalue weighted by atomic mass is 16.5. The molecule has 1 heterocycles. The number of nitrogens with zero attached hydrogens (tertiary/aromatic N) is 1. The molecule has 0 aromatic heterocycles. The van der Waals surface area contributed by atoms with Gasteiger partial charge in [0, 0.05) is 13.6 Å². The minimum absolute atomic E-state index is 0.0201. The summed E-state index contributed by atoms with van der Waals surface area (Å²) in [6.07, 6.45) is 1.98. The third-order valence-electron chi connectivity index (χ3n) is 3.59. The number of methoxy groups -OCH3 is 1. The van der Waals surface area contributed by atoms with Gasteiger partial charge in [0.25, 0.3) is 0 Å². The molecule has 1 unspecified atom stereocenters. The Morgan fingerprint density at radius 1 is 1.58 bits per heavy atom. The van der Waals surface area contributed by atoms with E-state index in [0.29, 0.717) is 11.4 Å². The van der Waals surface area contributed by atoms with E-state index in [0.717, 1.165) is 31.5 Å².